The topological polar surface area (TPSA) is 68.0 Å². The van der Waals surface area contributed by atoms with E-state index >= 15 is 0 Å². The van der Waals surface area contributed by atoms with Crippen LogP contribution in [0.2, 0.25) is 5.02 Å². The number of hydrogen-bond donors (Lipinski definition) is 1. The molecule has 0 bridgehead atoms. The monoisotopic (exact) mass is 409 g/mol. The van der Waals surface area contributed by atoms with Crippen molar-refractivity contribution in [2.75, 3.05) is 5.32 Å². The first-order valence-corrected chi connectivity index (χ1v) is 9.33. The molecule has 0 aliphatic carbocycles. The number of carbonyl (C=O) groups is 1. The van der Waals surface area contributed by atoms with Gasteiger partial charge in [-0.1, -0.05) is 35.0 Å². The number of anilines is 1. The summed E-state index contributed by atoms with van der Waals surface area (Å²) in [6.07, 6.45) is 0. The molecule has 2 aromatic heterocycles. The molecule has 0 aliphatic heterocycles. The van der Waals surface area contributed by atoms with Gasteiger partial charge in [0.05, 0.1) is 33.0 Å². The van der Waals surface area contributed by atoms with Gasteiger partial charge in [0, 0.05) is 5.56 Å². The van der Waals surface area contributed by atoms with Crippen LogP contribution in [0.4, 0.5) is 10.1 Å². The Morgan fingerprint density at radius 1 is 1.14 bits per heavy atom. The zero-order valence-electron chi connectivity index (χ0n) is 16.0. The van der Waals surface area contributed by atoms with Crippen LogP contribution in [0.15, 0.2) is 47.0 Å². The van der Waals surface area contributed by atoms with Crippen LogP contribution >= 0.6 is 11.6 Å². The number of fused-ring (bicyclic) bond motifs is 1. The van der Waals surface area contributed by atoms with E-state index < -0.39 is 11.7 Å². The van der Waals surface area contributed by atoms with Gasteiger partial charge in [-0.05, 0) is 56.2 Å². The molecule has 0 saturated carbocycles. The van der Waals surface area contributed by atoms with E-state index in [0.29, 0.717) is 21.8 Å². The molecule has 0 spiro atoms. The minimum absolute atomic E-state index is 0.167. The van der Waals surface area contributed by atoms with Crippen molar-refractivity contribution in [2.24, 2.45) is 0 Å². The van der Waals surface area contributed by atoms with Crippen LogP contribution in [-0.4, -0.2) is 16.0 Å². The molecule has 0 unspecified atom stereocenters. The largest absolute Gasteiger partial charge is 0.335 e. The second-order valence-corrected chi connectivity index (χ2v) is 7.28. The third-order valence-electron chi connectivity index (χ3n) is 4.68. The van der Waals surface area contributed by atoms with Gasteiger partial charge in [-0.3, -0.25) is 4.79 Å². The maximum Gasteiger partial charge on any atom is 0.259 e. The van der Waals surface area contributed by atoms with Gasteiger partial charge in [-0.2, -0.15) is 0 Å². The molecular formula is C22H17ClFN3O2. The fourth-order valence-electron chi connectivity index (χ4n) is 3.34. The molecule has 4 aromatic rings. The normalized spacial score (nSPS) is 11.1. The van der Waals surface area contributed by atoms with Gasteiger partial charge in [-0.25, -0.2) is 9.37 Å². The summed E-state index contributed by atoms with van der Waals surface area (Å²) in [5, 5.41) is 7.69. The van der Waals surface area contributed by atoms with Crippen molar-refractivity contribution in [2.45, 2.75) is 20.8 Å². The predicted octanol–water partition coefficient (Wildman–Crippen LogP) is 5.86. The van der Waals surface area contributed by atoms with Gasteiger partial charge in [0.25, 0.3) is 11.6 Å². The van der Waals surface area contributed by atoms with Crippen molar-refractivity contribution < 1.29 is 13.7 Å². The molecule has 1 N–H and O–H groups in total. The molecule has 2 heterocycles. The zero-order valence-corrected chi connectivity index (χ0v) is 16.8. The van der Waals surface area contributed by atoms with E-state index in [4.69, 9.17) is 16.1 Å². The molecule has 0 atom stereocenters. The first-order valence-electron chi connectivity index (χ1n) is 8.95. The number of amides is 1. The summed E-state index contributed by atoms with van der Waals surface area (Å²) >= 11 is 6.34. The number of benzene rings is 2. The molecule has 1 amide bonds. The van der Waals surface area contributed by atoms with Crippen LogP contribution in [0.3, 0.4) is 0 Å². The molecule has 0 saturated heterocycles. The Kier molecular flexibility index (Phi) is 4.80. The maximum atomic E-state index is 14.3. The Morgan fingerprint density at radius 2 is 1.90 bits per heavy atom. The van der Waals surface area contributed by atoms with E-state index in [2.05, 4.69) is 15.5 Å². The maximum absolute atomic E-state index is 14.3. The van der Waals surface area contributed by atoms with Crippen molar-refractivity contribution in [3.8, 4) is 11.3 Å². The zero-order chi connectivity index (χ0) is 20.7. The Bertz CT molecular complexity index is 1240. The van der Waals surface area contributed by atoms with E-state index in [1.807, 2.05) is 19.9 Å². The molecule has 2 aromatic carbocycles. The van der Waals surface area contributed by atoms with Crippen LogP contribution in [0.5, 0.6) is 0 Å². The Hall–Kier alpha value is -3.25. The molecule has 29 heavy (non-hydrogen) atoms. The fraction of sp³-hybridized carbons (Fsp3) is 0.136. The average molecular weight is 410 g/mol. The van der Waals surface area contributed by atoms with Crippen LogP contribution in [0, 0.1) is 26.6 Å². The number of hydrogen-bond acceptors (Lipinski definition) is 4. The lowest BCUT2D eigenvalue weighted by Gasteiger charge is -2.13. The van der Waals surface area contributed by atoms with E-state index in [-0.39, 0.29) is 22.5 Å². The highest BCUT2D eigenvalue weighted by atomic mass is 35.5. The summed E-state index contributed by atoms with van der Waals surface area (Å²) in [6.45, 7) is 5.52. The fourth-order valence-corrected chi connectivity index (χ4v) is 3.70. The molecule has 4 rings (SSSR count). The van der Waals surface area contributed by atoms with Gasteiger partial charge < -0.3 is 9.84 Å². The number of nitrogens with one attached hydrogen (secondary N) is 1. The van der Waals surface area contributed by atoms with Crippen LogP contribution in [0.1, 0.15) is 27.2 Å². The van der Waals surface area contributed by atoms with Gasteiger partial charge >= 0.3 is 0 Å². The van der Waals surface area contributed by atoms with Crippen LogP contribution in [0.25, 0.3) is 22.4 Å². The van der Waals surface area contributed by atoms with E-state index in [1.165, 1.54) is 12.1 Å². The molecule has 0 radical (unpaired) electrons. The highest BCUT2D eigenvalue weighted by Crippen LogP contribution is 2.31. The summed E-state index contributed by atoms with van der Waals surface area (Å²) in [5.74, 6) is -0.852. The number of aryl methyl sites for hydroxylation is 3. The molecule has 5 nitrogen and oxygen atoms in total. The third-order valence-corrected chi connectivity index (χ3v) is 4.98. The number of pyridine rings is 1. The molecule has 0 aliphatic rings. The SMILES string of the molecule is Cc1cc(C)c(NC(=O)c2cc(-c3ccccc3F)nc3onc(C)c23)c(Cl)c1. The minimum Gasteiger partial charge on any atom is -0.335 e. The van der Waals surface area contributed by atoms with Crippen molar-refractivity contribution in [1.82, 2.24) is 10.1 Å². The summed E-state index contributed by atoms with van der Waals surface area (Å²) in [6, 6.07) is 11.5. The van der Waals surface area contributed by atoms with Gasteiger partial charge in [0.1, 0.15) is 5.82 Å². The van der Waals surface area contributed by atoms with Crippen molar-refractivity contribution in [1.29, 1.82) is 0 Å². The van der Waals surface area contributed by atoms with Gasteiger partial charge in [0.15, 0.2) is 0 Å². The first kappa shape index (κ1) is 19.1. The summed E-state index contributed by atoms with van der Waals surface area (Å²) in [7, 11) is 0. The van der Waals surface area contributed by atoms with E-state index in [9.17, 15) is 9.18 Å². The summed E-state index contributed by atoms with van der Waals surface area (Å²) in [4.78, 5) is 17.5. The van der Waals surface area contributed by atoms with Crippen molar-refractivity contribution in [3.63, 3.8) is 0 Å². The Balaban J connectivity index is 1.85. The highest BCUT2D eigenvalue weighted by Gasteiger charge is 2.21. The Labute approximate surface area is 171 Å². The van der Waals surface area contributed by atoms with Crippen LogP contribution in [-0.2, 0) is 0 Å². The minimum atomic E-state index is -0.445. The Morgan fingerprint density at radius 3 is 2.62 bits per heavy atom. The molecule has 7 heteroatoms. The van der Waals surface area contributed by atoms with Crippen molar-refractivity contribution >= 4 is 34.3 Å². The second-order valence-electron chi connectivity index (χ2n) is 6.88. The summed E-state index contributed by atoms with van der Waals surface area (Å²) in [5.41, 5.74) is 3.87. The quantitative estimate of drug-likeness (QED) is 0.460. The van der Waals surface area contributed by atoms with Crippen molar-refractivity contribution in [3.05, 3.63) is 75.7 Å². The smallest absolute Gasteiger partial charge is 0.259 e. The predicted molar refractivity (Wildman–Crippen MR) is 111 cm³/mol. The molecule has 0 fully saturated rings. The summed E-state index contributed by atoms with van der Waals surface area (Å²) < 4.78 is 19.6. The van der Waals surface area contributed by atoms with Gasteiger partial charge in [0.2, 0.25) is 0 Å². The highest BCUT2D eigenvalue weighted by molar-refractivity contribution is 6.34. The van der Waals surface area contributed by atoms with Gasteiger partial charge in [-0.15, -0.1) is 0 Å². The lowest BCUT2D eigenvalue weighted by Crippen LogP contribution is -2.14. The number of halogens is 2. The number of aromatic nitrogens is 2. The number of nitrogens with zero attached hydrogens (tertiary/aromatic N) is 2. The second kappa shape index (κ2) is 7.29. The lowest BCUT2D eigenvalue weighted by molar-refractivity contribution is 0.102. The number of carbonyl (C=O) groups excluding carboxylic acids is 1. The lowest BCUT2D eigenvalue weighted by atomic mass is 10.0. The first-order chi connectivity index (χ1) is 13.8. The third kappa shape index (κ3) is 3.47. The number of rotatable bonds is 3. The van der Waals surface area contributed by atoms with E-state index in [1.54, 1.807) is 31.2 Å². The standard InChI is InChI=1S/C22H17ClFN3O2/c1-11-8-12(2)20(16(23)9-11)26-21(28)15-10-18(14-6-4-5-7-17(14)24)25-22-19(15)13(3)27-29-22/h4-10H,1-3H3,(H,26,28). The molecular weight excluding hydrogens is 393 g/mol. The molecule has 146 valence electrons. The van der Waals surface area contributed by atoms with Crippen LogP contribution < -0.4 is 5.32 Å². The van der Waals surface area contributed by atoms with E-state index in [0.717, 1.165) is 11.1 Å². The average Bonchev–Trinajstić information content (AvgIpc) is 3.05.